The van der Waals surface area contributed by atoms with Crippen molar-refractivity contribution in [3.63, 3.8) is 0 Å². The van der Waals surface area contributed by atoms with Gasteiger partial charge in [0.25, 0.3) is 5.56 Å². The molecule has 0 amide bonds. The topological polar surface area (TPSA) is 110 Å². The number of rotatable bonds is 7. The number of pyridine rings is 1. The largest absolute Gasteiger partial charge is 0.446 e. The summed E-state index contributed by atoms with van der Waals surface area (Å²) in [6, 6.07) is 10.5. The van der Waals surface area contributed by atoms with Gasteiger partial charge in [-0.1, -0.05) is 17.7 Å². The van der Waals surface area contributed by atoms with Crippen molar-refractivity contribution < 1.29 is 4.42 Å². The predicted octanol–water partition coefficient (Wildman–Crippen LogP) is 5.07. The molecule has 2 atom stereocenters. The van der Waals surface area contributed by atoms with Crippen molar-refractivity contribution in [2.45, 2.75) is 63.8 Å². The van der Waals surface area contributed by atoms with Crippen molar-refractivity contribution in [2.75, 3.05) is 31.5 Å². The zero-order valence-electron chi connectivity index (χ0n) is 23.6. The van der Waals surface area contributed by atoms with Crippen molar-refractivity contribution in [1.29, 1.82) is 0 Å². The first kappa shape index (κ1) is 26.1. The molecule has 0 saturated carbocycles. The highest BCUT2D eigenvalue weighted by molar-refractivity contribution is 5.82. The fourth-order valence-electron chi connectivity index (χ4n) is 6.71. The van der Waals surface area contributed by atoms with Gasteiger partial charge in [-0.2, -0.15) is 4.98 Å². The van der Waals surface area contributed by atoms with E-state index in [0.717, 1.165) is 85.5 Å². The van der Waals surface area contributed by atoms with Gasteiger partial charge in [0.2, 0.25) is 5.95 Å². The summed E-state index contributed by atoms with van der Waals surface area (Å²) in [5.74, 6) is 2.02. The lowest BCUT2D eigenvalue weighted by Crippen LogP contribution is -2.28. The quantitative estimate of drug-likeness (QED) is 0.292. The van der Waals surface area contributed by atoms with Crippen LogP contribution >= 0.6 is 0 Å². The molecule has 1 aromatic carbocycles. The number of piperidine rings is 1. The molecule has 4 aromatic rings. The van der Waals surface area contributed by atoms with Gasteiger partial charge in [0, 0.05) is 41.8 Å². The summed E-state index contributed by atoms with van der Waals surface area (Å²) in [5.41, 5.74) is 6.92. The third kappa shape index (κ3) is 5.20. The van der Waals surface area contributed by atoms with Crippen LogP contribution in [-0.2, 0) is 6.54 Å². The molecule has 5 heterocycles. The molecular weight excluding hydrogens is 514 g/mol. The third-order valence-corrected chi connectivity index (χ3v) is 9.00. The summed E-state index contributed by atoms with van der Waals surface area (Å²) in [4.78, 5) is 28.2. The van der Waals surface area contributed by atoms with E-state index < -0.39 is 0 Å². The van der Waals surface area contributed by atoms with Gasteiger partial charge in [0.05, 0.1) is 12.2 Å². The molecule has 2 aliphatic heterocycles. The first-order valence-corrected chi connectivity index (χ1v) is 14.9. The van der Waals surface area contributed by atoms with E-state index >= 15 is 0 Å². The lowest BCUT2D eigenvalue weighted by Gasteiger charge is -2.23. The van der Waals surface area contributed by atoms with Crippen molar-refractivity contribution in [2.24, 2.45) is 0 Å². The second-order valence-corrected chi connectivity index (χ2v) is 11.7. The minimum Gasteiger partial charge on any atom is -0.446 e. The average Bonchev–Trinajstić information content (AvgIpc) is 3.78. The van der Waals surface area contributed by atoms with Crippen LogP contribution in [0.3, 0.4) is 0 Å². The molecule has 9 heteroatoms. The van der Waals surface area contributed by atoms with E-state index in [0.29, 0.717) is 17.5 Å². The van der Waals surface area contributed by atoms with Crippen LogP contribution in [0.15, 0.2) is 57.7 Å². The highest BCUT2D eigenvalue weighted by Crippen LogP contribution is 2.33. The first-order chi connectivity index (χ1) is 20.1. The Hall–Kier alpha value is -3.82. The zero-order chi connectivity index (χ0) is 27.8. The summed E-state index contributed by atoms with van der Waals surface area (Å²) in [7, 11) is 0. The van der Waals surface area contributed by atoms with Crippen LogP contribution in [0.4, 0.5) is 11.6 Å². The fourth-order valence-corrected chi connectivity index (χ4v) is 6.71. The van der Waals surface area contributed by atoms with E-state index in [9.17, 15) is 4.79 Å². The second-order valence-electron chi connectivity index (χ2n) is 11.7. The molecule has 3 N–H and O–H groups in total. The minimum absolute atomic E-state index is 0.0456. The van der Waals surface area contributed by atoms with Crippen molar-refractivity contribution >= 4 is 28.2 Å². The Balaban J connectivity index is 1.25. The molecule has 212 valence electrons. The number of hydrogen-bond acceptors (Lipinski definition) is 8. The number of fused-ring (bicyclic) bond motifs is 1. The van der Waals surface area contributed by atoms with E-state index in [4.69, 9.17) is 9.40 Å². The van der Waals surface area contributed by atoms with E-state index in [2.05, 4.69) is 57.1 Å². The Kier molecular flexibility index (Phi) is 7.14. The Morgan fingerprint density at radius 2 is 1.88 bits per heavy atom. The van der Waals surface area contributed by atoms with Crippen LogP contribution in [0.1, 0.15) is 79.9 Å². The van der Waals surface area contributed by atoms with Gasteiger partial charge in [0.1, 0.15) is 11.4 Å². The third-order valence-electron chi connectivity index (χ3n) is 9.00. The number of hydrogen-bond donors (Lipinski definition) is 3. The molecular formula is C32H37N7O2. The lowest BCUT2D eigenvalue weighted by atomic mass is 9.92. The van der Waals surface area contributed by atoms with Crippen molar-refractivity contribution in [3.8, 4) is 0 Å². The number of aromatic nitrogens is 4. The summed E-state index contributed by atoms with van der Waals surface area (Å²) in [5, 5.41) is 11.1. The summed E-state index contributed by atoms with van der Waals surface area (Å²) in [6.45, 7) is 6.38. The molecule has 41 heavy (non-hydrogen) atoms. The summed E-state index contributed by atoms with van der Waals surface area (Å²) in [6.07, 6.45) is 9.78. The van der Waals surface area contributed by atoms with Gasteiger partial charge in [-0.05, 0) is 93.8 Å². The Bertz CT molecular complexity index is 1640. The molecule has 2 fully saturated rings. The number of nitrogens with one attached hydrogen (secondary N) is 3. The maximum Gasteiger partial charge on any atom is 0.260 e. The van der Waals surface area contributed by atoms with E-state index in [1.807, 2.05) is 12.3 Å². The number of anilines is 2. The van der Waals surface area contributed by atoms with Gasteiger partial charge in [0.15, 0.2) is 6.39 Å². The molecule has 0 bridgehead atoms. The fraction of sp³-hybridized carbons (Fsp3) is 0.438. The molecule has 1 aliphatic carbocycles. The van der Waals surface area contributed by atoms with Gasteiger partial charge >= 0.3 is 0 Å². The van der Waals surface area contributed by atoms with Gasteiger partial charge in [-0.15, -0.1) is 0 Å². The number of allylic oxidation sites excluding steroid dienone is 2. The van der Waals surface area contributed by atoms with Crippen LogP contribution < -0.4 is 21.5 Å². The van der Waals surface area contributed by atoms with E-state index in [1.165, 1.54) is 30.4 Å². The van der Waals surface area contributed by atoms with Gasteiger partial charge in [-0.3, -0.25) is 9.36 Å². The molecule has 2 unspecified atom stereocenters. The maximum absolute atomic E-state index is 14.1. The Morgan fingerprint density at radius 3 is 2.63 bits per heavy atom. The predicted molar refractivity (Wildman–Crippen MR) is 161 cm³/mol. The Labute approximate surface area is 239 Å². The molecule has 0 spiro atoms. The second kappa shape index (κ2) is 11.2. The maximum atomic E-state index is 14.1. The van der Waals surface area contributed by atoms with Crippen LogP contribution in [0.2, 0.25) is 0 Å². The summed E-state index contributed by atoms with van der Waals surface area (Å²) < 4.78 is 7.64. The van der Waals surface area contributed by atoms with Gasteiger partial charge < -0.3 is 20.4 Å². The smallest absolute Gasteiger partial charge is 0.260 e. The monoisotopic (exact) mass is 551 g/mol. The van der Waals surface area contributed by atoms with Crippen molar-refractivity contribution in [3.05, 3.63) is 81.4 Å². The molecule has 3 aliphatic rings. The zero-order valence-corrected chi connectivity index (χ0v) is 23.6. The normalized spacial score (nSPS) is 21.2. The van der Waals surface area contributed by atoms with Crippen LogP contribution in [0.5, 0.6) is 0 Å². The van der Waals surface area contributed by atoms with E-state index in [1.54, 1.807) is 4.57 Å². The SMILES string of the molecule is CC1=C(c2cc3cnc(Nc4ccc(C5CCCNC5)cc4)nc3n(Cc3ocnc3C3CCNC3)c2=O)CCC1. The highest BCUT2D eigenvalue weighted by atomic mass is 16.3. The van der Waals surface area contributed by atoms with E-state index in [-0.39, 0.29) is 18.0 Å². The summed E-state index contributed by atoms with van der Waals surface area (Å²) >= 11 is 0. The molecule has 0 radical (unpaired) electrons. The average molecular weight is 552 g/mol. The van der Waals surface area contributed by atoms with Gasteiger partial charge in [-0.25, -0.2) is 9.97 Å². The molecule has 7 rings (SSSR count). The molecule has 9 nitrogen and oxygen atoms in total. The minimum atomic E-state index is -0.0456. The van der Waals surface area contributed by atoms with Crippen LogP contribution in [0, 0.1) is 0 Å². The number of nitrogens with zero attached hydrogens (tertiary/aromatic N) is 4. The number of benzene rings is 1. The lowest BCUT2D eigenvalue weighted by molar-refractivity contribution is 0.461. The number of oxazole rings is 1. The Morgan fingerprint density at radius 1 is 1.02 bits per heavy atom. The van der Waals surface area contributed by atoms with Crippen LogP contribution in [-0.4, -0.2) is 45.7 Å². The van der Waals surface area contributed by atoms with Crippen molar-refractivity contribution in [1.82, 2.24) is 30.2 Å². The first-order valence-electron chi connectivity index (χ1n) is 14.9. The standard InChI is InChI=1S/C32H37N7O2/c1-20-4-2-6-26(20)27-14-24-17-35-32(37-25-9-7-21(8-10-25)22-5-3-12-33-15-22)38-30(24)39(31(27)40)18-28-29(36-19-41-28)23-11-13-34-16-23/h7-10,14,17,19,22-23,33-34H,2-6,11-13,15-16,18H2,1H3,(H,35,37,38). The highest BCUT2D eigenvalue weighted by Gasteiger charge is 2.25. The molecule has 3 aromatic heterocycles. The van der Waals surface area contributed by atoms with Crippen LogP contribution in [0.25, 0.3) is 16.6 Å². The molecule has 2 saturated heterocycles.